The summed E-state index contributed by atoms with van der Waals surface area (Å²) in [6.07, 6.45) is 7.48. The predicted molar refractivity (Wildman–Crippen MR) is 109 cm³/mol. The van der Waals surface area contributed by atoms with Crippen molar-refractivity contribution in [2.45, 2.75) is 26.3 Å². The molecule has 2 atom stereocenters. The highest BCUT2D eigenvalue weighted by Crippen LogP contribution is 2.35. The monoisotopic (exact) mass is 408 g/mol. The summed E-state index contributed by atoms with van der Waals surface area (Å²) in [4.78, 5) is 26.7. The molecule has 0 saturated carbocycles. The molecular weight excluding hydrogens is 387 g/mol. The number of hydrogen-bond acceptors (Lipinski definition) is 3. The van der Waals surface area contributed by atoms with E-state index < -0.39 is 5.92 Å². The van der Waals surface area contributed by atoms with Gasteiger partial charge in [-0.3, -0.25) is 9.59 Å². The Kier molecular flexibility index (Phi) is 7.11. The van der Waals surface area contributed by atoms with Crippen molar-refractivity contribution in [3.63, 3.8) is 0 Å². The minimum atomic E-state index is -0.484. The molecule has 7 heteroatoms. The van der Waals surface area contributed by atoms with Crippen LogP contribution >= 0.6 is 23.2 Å². The molecule has 2 rings (SSSR count). The number of benzene rings is 1. The van der Waals surface area contributed by atoms with E-state index in [1.807, 2.05) is 32.1 Å². The van der Waals surface area contributed by atoms with Gasteiger partial charge in [-0.25, -0.2) is 0 Å². The lowest BCUT2D eigenvalue weighted by Gasteiger charge is -2.26. The summed E-state index contributed by atoms with van der Waals surface area (Å²) in [7, 11) is 0. The summed E-state index contributed by atoms with van der Waals surface area (Å²) < 4.78 is 0. The van der Waals surface area contributed by atoms with Crippen LogP contribution in [-0.4, -0.2) is 34.4 Å². The molecule has 2 N–H and O–H groups in total. The molecule has 1 aromatic rings. The van der Waals surface area contributed by atoms with E-state index >= 15 is 0 Å². The molecule has 1 aliphatic heterocycles. The van der Waals surface area contributed by atoms with Gasteiger partial charge in [-0.2, -0.15) is 0 Å². The largest absolute Gasteiger partial charge is 0.505 e. The number of halogens is 2. The van der Waals surface area contributed by atoms with Gasteiger partial charge in [-0.05, 0) is 31.6 Å². The van der Waals surface area contributed by atoms with Crippen molar-refractivity contribution in [1.29, 1.82) is 0 Å². The molecule has 0 bridgehead atoms. The number of aromatic hydroxyl groups is 1. The van der Waals surface area contributed by atoms with Gasteiger partial charge in [0.2, 0.25) is 11.8 Å². The fourth-order valence-corrected chi connectivity index (χ4v) is 3.49. The molecular formula is C20H22Cl2N2O3. The first-order valence-corrected chi connectivity index (χ1v) is 9.27. The van der Waals surface area contributed by atoms with Gasteiger partial charge >= 0.3 is 0 Å². The van der Waals surface area contributed by atoms with Crippen molar-refractivity contribution in [2.75, 3.05) is 11.9 Å². The minimum absolute atomic E-state index is 0.0427. The van der Waals surface area contributed by atoms with Gasteiger partial charge in [-0.15, -0.1) is 0 Å². The number of hydrogen-bond donors (Lipinski definition) is 2. The number of allylic oxidation sites excluding steroid dienone is 3. The summed E-state index contributed by atoms with van der Waals surface area (Å²) in [6.45, 7) is 7.85. The van der Waals surface area contributed by atoms with Gasteiger partial charge in [0.1, 0.15) is 0 Å². The molecule has 0 aliphatic carbocycles. The van der Waals surface area contributed by atoms with Crippen LogP contribution in [0.2, 0.25) is 10.0 Å². The molecule has 0 aromatic heterocycles. The number of amides is 2. The molecule has 27 heavy (non-hydrogen) atoms. The summed E-state index contributed by atoms with van der Waals surface area (Å²) >= 11 is 11.8. The normalized spacial score (nSPS) is 18.8. The Morgan fingerprint density at radius 1 is 1.41 bits per heavy atom. The topological polar surface area (TPSA) is 69.6 Å². The maximum atomic E-state index is 12.6. The van der Waals surface area contributed by atoms with E-state index in [0.29, 0.717) is 12.2 Å². The fraction of sp³-hybridized carbons (Fsp3) is 0.300. The van der Waals surface area contributed by atoms with E-state index in [-0.39, 0.29) is 40.1 Å². The number of likely N-dealkylation sites (tertiary alicyclic amines) is 1. The molecule has 1 heterocycles. The van der Waals surface area contributed by atoms with Crippen molar-refractivity contribution < 1.29 is 14.7 Å². The van der Waals surface area contributed by atoms with Gasteiger partial charge in [-0.1, -0.05) is 54.1 Å². The zero-order valence-corrected chi connectivity index (χ0v) is 16.7. The molecule has 1 aromatic carbocycles. The lowest BCUT2D eigenvalue weighted by molar-refractivity contribution is -0.129. The van der Waals surface area contributed by atoms with Crippen LogP contribution in [0.25, 0.3) is 0 Å². The lowest BCUT2D eigenvalue weighted by atomic mass is 10.1. The second kappa shape index (κ2) is 9.11. The Labute approximate surface area is 168 Å². The van der Waals surface area contributed by atoms with E-state index in [1.54, 1.807) is 11.0 Å². The average molecular weight is 409 g/mol. The third-order valence-electron chi connectivity index (χ3n) is 4.43. The number of anilines is 1. The Balaban J connectivity index is 2.11. The smallest absolute Gasteiger partial charge is 0.229 e. The number of nitrogens with zero attached hydrogens (tertiary/aromatic N) is 1. The van der Waals surface area contributed by atoms with Gasteiger partial charge in [0.25, 0.3) is 0 Å². The standard InChI is InChI=1S/C20H22Cl2N2O3/c1-4-6-13(7-5-2)12(3)24-11-14(8-18(24)25)20(27)23-15-9-16(21)19(26)17(22)10-15/h4-7,9-10,12,14,26H,1,8,11H2,2-3H3,(H,23,27)/b7-5-,13-6+. The molecule has 0 radical (unpaired) electrons. The molecule has 1 aliphatic rings. The van der Waals surface area contributed by atoms with E-state index in [9.17, 15) is 14.7 Å². The van der Waals surface area contributed by atoms with Crippen LogP contribution in [0.3, 0.4) is 0 Å². The summed E-state index contributed by atoms with van der Waals surface area (Å²) in [6, 6.07) is 2.66. The Morgan fingerprint density at radius 3 is 2.59 bits per heavy atom. The Hall–Kier alpha value is -2.24. The lowest BCUT2D eigenvalue weighted by Crippen LogP contribution is -2.36. The van der Waals surface area contributed by atoms with Gasteiger partial charge in [0, 0.05) is 18.7 Å². The molecule has 2 unspecified atom stereocenters. The molecule has 1 fully saturated rings. The molecule has 144 valence electrons. The first-order chi connectivity index (χ1) is 12.8. The van der Waals surface area contributed by atoms with Crippen molar-refractivity contribution in [1.82, 2.24) is 4.90 Å². The van der Waals surface area contributed by atoms with E-state index in [4.69, 9.17) is 23.2 Å². The number of phenolic OH excluding ortho intramolecular Hbond substituents is 1. The highest BCUT2D eigenvalue weighted by molar-refractivity contribution is 6.37. The maximum Gasteiger partial charge on any atom is 0.229 e. The Morgan fingerprint density at radius 2 is 2.04 bits per heavy atom. The first-order valence-electron chi connectivity index (χ1n) is 8.52. The average Bonchev–Trinajstić information content (AvgIpc) is 3.00. The van der Waals surface area contributed by atoms with Crippen LogP contribution in [0.4, 0.5) is 5.69 Å². The van der Waals surface area contributed by atoms with Gasteiger partial charge in [0.15, 0.2) is 5.75 Å². The number of nitrogens with one attached hydrogen (secondary N) is 1. The third-order valence-corrected chi connectivity index (χ3v) is 5.01. The van der Waals surface area contributed by atoms with E-state index in [1.165, 1.54) is 12.1 Å². The Bertz CT molecular complexity index is 794. The molecule has 1 saturated heterocycles. The van der Waals surface area contributed by atoms with E-state index in [0.717, 1.165) is 5.57 Å². The van der Waals surface area contributed by atoms with Crippen molar-refractivity contribution in [3.8, 4) is 5.75 Å². The van der Waals surface area contributed by atoms with Crippen molar-refractivity contribution >= 4 is 40.7 Å². The van der Waals surface area contributed by atoms with Crippen molar-refractivity contribution in [2.24, 2.45) is 5.92 Å². The quantitative estimate of drug-likeness (QED) is 0.535. The zero-order valence-electron chi connectivity index (χ0n) is 15.2. The van der Waals surface area contributed by atoms with Crippen LogP contribution in [0.5, 0.6) is 5.75 Å². The SMILES string of the molecule is C=C/C=C(\C=C/C)C(C)N1CC(C(=O)Nc2cc(Cl)c(O)c(Cl)c2)CC1=O. The number of phenols is 1. The highest BCUT2D eigenvalue weighted by Gasteiger charge is 2.37. The summed E-state index contributed by atoms with van der Waals surface area (Å²) in [5.74, 6) is -1.10. The van der Waals surface area contributed by atoms with Crippen LogP contribution in [0.15, 0.2) is 48.6 Å². The van der Waals surface area contributed by atoms with Crippen LogP contribution in [0, 0.1) is 5.92 Å². The van der Waals surface area contributed by atoms with Gasteiger partial charge < -0.3 is 15.3 Å². The maximum absolute atomic E-state index is 12.6. The molecule has 0 spiro atoms. The zero-order chi connectivity index (χ0) is 20.1. The number of carbonyl (C=O) groups is 2. The van der Waals surface area contributed by atoms with Crippen LogP contribution in [0.1, 0.15) is 20.3 Å². The number of carbonyl (C=O) groups excluding carboxylic acids is 2. The summed E-state index contributed by atoms with van der Waals surface area (Å²) in [5, 5.41) is 12.4. The first kappa shape index (κ1) is 21.1. The highest BCUT2D eigenvalue weighted by atomic mass is 35.5. The fourth-order valence-electron chi connectivity index (χ4n) is 3.01. The minimum Gasteiger partial charge on any atom is -0.505 e. The molecule has 5 nitrogen and oxygen atoms in total. The van der Waals surface area contributed by atoms with Gasteiger partial charge in [0.05, 0.1) is 22.0 Å². The van der Waals surface area contributed by atoms with Crippen LogP contribution < -0.4 is 5.32 Å². The third kappa shape index (κ3) is 4.93. The van der Waals surface area contributed by atoms with Crippen LogP contribution in [-0.2, 0) is 9.59 Å². The number of rotatable bonds is 6. The second-order valence-corrected chi connectivity index (χ2v) is 7.12. The molecule has 2 amide bonds. The second-order valence-electron chi connectivity index (χ2n) is 6.30. The summed E-state index contributed by atoms with van der Waals surface area (Å²) in [5.41, 5.74) is 1.31. The van der Waals surface area contributed by atoms with E-state index in [2.05, 4.69) is 11.9 Å². The predicted octanol–water partition coefficient (Wildman–Crippen LogP) is 4.56. The van der Waals surface area contributed by atoms with Crippen molar-refractivity contribution in [3.05, 3.63) is 58.6 Å².